The van der Waals surface area contributed by atoms with Crippen LogP contribution < -0.4 is 5.76 Å². The molecule has 0 aliphatic rings. The van der Waals surface area contributed by atoms with Crippen LogP contribution in [0.3, 0.4) is 0 Å². The first-order valence-corrected chi connectivity index (χ1v) is 9.77. The van der Waals surface area contributed by atoms with Gasteiger partial charge in [-0.05, 0) is 42.0 Å². The maximum absolute atomic E-state index is 12.1. The van der Waals surface area contributed by atoms with Gasteiger partial charge in [-0.3, -0.25) is 14.7 Å². The lowest BCUT2D eigenvalue weighted by atomic mass is 10.2. The molecule has 2 aromatic heterocycles. The summed E-state index contributed by atoms with van der Waals surface area (Å²) in [6, 6.07) is 12.0. The largest absolute Gasteiger partial charge is 0.419 e. The van der Waals surface area contributed by atoms with Gasteiger partial charge in [-0.25, -0.2) is 4.79 Å². The number of non-ortho nitro benzene ring substituents is 1. The van der Waals surface area contributed by atoms with E-state index in [9.17, 15) is 14.9 Å². The van der Waals surface area contributed by atoms with Gasteiger partial charge in [-0.1, -0.05) is 29.5 Å². The van der Waals surface area contributed by atoms with Crippen molar-refractivity contribution in [1.82, 2.24) is 24.8 Å². The summed E-state index contributed by atoms with van der Waals surface area (Å²) in [4.78, 5) is 22.6. The van der Waals surface area contributed by atoms with Crippen molar-refractivity contribution in [2.24, 2.45) is 0 Å². The molecule has 148 valence electrons. The van der Waals surface area contributed by atoms with E-state index in [1.807, 2.05) is 31.2 Å². The summed E-state index contributed by atoms with van der Waals surface area (Å²) in [5, 5.41) is 23.4. The number of oxazole rings is 1. The molecule has 0 bridgehead atoms. The highest BCUT2D eigenvalue weighted by Crippen LogP contribution is 2.22. The number of aromatic nitrogens is 5. The average Bonchev–Trinajstić information content (AvgIpc) is 3.29. The Morgan fingerprint density at radius 1 is 1.21 bits per heavy atom. The van der Waals surface area contributed by atoms with Crippen molar-refractivity contribution in [2.45, 2.75) is 25.0 Å². The van der Waals surface area contributed by atoms with Crippen LogP contribution in [-0.4, -0.2) is 35.5 Å². The molecule has 11 heteroatoms. The lowest BCUT2D eigenvalue weighted by Crippen LogP contribution is -2.14. The average molecular weight is 412 g/mol. The van der Waals surface area contributed by atoms with Crippen LogP contribution in [0.2, 0.25) is 0 Å². The van der Waals surface area contributed by atoms with E-state index >= 15 is 0 Å². The van der Waals surface area contributed by atoms with Gasteiger partial charge in [0, 0.05) is 24.4 Å². The number of rotatable bonds is 7. The third kappa shape index (κ3) is 3.90. The number of fused-ring (bicyclic) bond motifs is 1. The van der Waals surface area contributed by atoms with Gasteiger partial charge >= 0.3 is 5.76 Å². The van der Waals surface area contributed by atoms with Gasteiger partial charge in [0.05, 0.1) is 16.1 Å². The summed E-state index contributed by atoms with van der Waals surface area (Å²) in [7, 11) is 0. The van der Waals surface area contributed by atoms with E-state index in [2.05, 4.69) is 15.5 Å². The van der Waals surface area contributed by atoms with Crippen LogP contribution in [0.15, 0.2) is 56.8 Å². The molecule has 0 aliphatic heterocycles. The maximum Gasteiger partial charge on any atom is 0.419 e. The second-order valence-electron chi connectivity index (χ2n) is 6.34. The fourth-order valence-corrected chi connectivity index (χ4v) is 3.69. The molecule has 0 saturated carbocycles. The summed E-state index contributed by atoms with van der Waals surface area (Å²) in [5.41, 5.74) is 2.68. The number of aryl methyl sites for hydroxylation is 2. The molecule has 0 unspecified atom stereocenters. The van der Waals surface area contributed by atoms with Crippen molar-refractivity contribution in [1.29, 1.82) is 0 Å². The molecule has 4 rings (SSSR count). The highest BCUT2D eigenvalue weighted by molar-refractivity contribution is 7.99. The predicted octanol–water partition coefficient (Wildman–Crippen LogP) is 2.97. The summed E-state index contributed by atoms with van der Waals surface area (Å²) < 4.78 is 8.23. The molecule has 2 aromatic carbocycles. The van der Waals surface area contributed by atoms with Crippen molar-refractivity contribution in [2.75, 3.05) is 5.75 Å². The summed E-state index contributed by atoms with van der Waals surface area (Å²) in [6.45, 7) is 2.38. The topological polar surface area (TPSA) is 122 Å². The zero-order chi connectivity index (χ0) is 20.4. The van der Waals surface area contributed by atoms with Crippen molar-refractivity contribution in [3.63, 3.8) is 0 Å². The van der Waals surface area contributed by atoms with Gasteiger partial charge in [0.1, 0.15) is 0 Å². The van der Waals surface area contributed by atoms with Crippen LogP contribution in [0.4, 0.5) is 5.69 Å². The molecule has 4 aromatic rings. The van der Waals surface area contributed by atoms with Crippen LogP contribution in [0.25, 0.3) is 16.8 Å². The Hall–Kier alpha value is -3.47. The smallest absolute Gasteiger partial charge is 0.408 e. The first-order valence-electron chi connectivity index (χ1n) is 8.79. The zero-order valence-electron chi connectivity index (χ0n) is 15.4. The minimum absolute atomic E-state index is 0.0845. The lowest BCUT2D eigenvalue weighted by molar-refractivity contribution is -0.384. The molecule has 0 aliphatic carbocycles. The Kier molecular flexibility index (Phi) is 5.12. The van der Waals surface area contributed by atoms with Gasteiger partial charge in [0.15, 0.2) is 5.58 Å². The number of tetrazole rings is 1. The third-order valence-corrected chi connectivity index (χ3v) is 5.34. The first-order chi connectivity index (χ1) is 14.0. The predicted molar refractivity (Wildman–Crippen MR) is 106 cm³/mol. The highest BCUT2D eigenvalue weighted by atomic mass is 32.2. The van der Waals surface area contributed by atoms with Crippen LogP contribution in [0, 0.1) is 17.0 Å². The fraction of sp³-hybridized carbons (Fsp3) is 0.222. The normalized spacial score (nSPS) is 11.2. The van der Waals surface area contributed by atoms with Crippen molar-refractivity contribution < 1.29 is 9.34 Å². The van der Waals surface area contributed by atoms with Crippen LogP contribution in [-0.2, 0) is 6.54 Å². The Bertz CT molecular complexity index is 1230. The number of thioether (sulfide) groups is 1. The number of nitrogens with zero attached hydrogens (tertiary/aromatic N) is 6. The first kappa shape index (κ1) is 18.9. The highest BCUT2D eigenvalue weighted by Gasteiger charge is 2.14. The van der Waals surface area contributed by atoms with Crippen LogP contribution >= 0.6 is 11.8 Å². The molecule has 0 amide bonds. The van der Waals surface area contributed by atoms with Crippen LogP contribution in [0.5, 0.6) is 0 Å². The van der Waals surface area contributed by atoms with E-state index < -0.39 is 10.7 Å². The second-order valence-corrected chi connectivity index (χ2v) is 7.40. The Morgan fingerprint density at radius 3 is 2.76 bits per heavy atom. The van der Waals surface area contributed by atoms with E-state index in [0.29, 0.717) is 35.0 Å². The SMILES string of the molecule is Cc1ccc(-n2nnnc2SCCCn2c(=O)oc3ccc([N+](=O)[O-])cc32)cc1. The number of nitro benzene ring substituents is 1. The summed E-state index contributed by atoms with van der Waals surface area (Å²) in [6.07, 6.45) is 0.628. The van der Waals surface area contributed by atoms with Gasteiger partial charge in [-0.15, -0.1) is 5.10 Å². The van der Waals surface area contributed by atoms with E-state index in [4.69, 9.17) is 4.42 Å². The van der Waals surface area contributed by atoms with E-state index in [1.165, 1.54) is 34.5 Å². The van der Waals surface area contributed by atoms with Gasteiger partial charge in [-0.2, -0.15) is 4.68 Å². The minimum atomic E-state index is -0.532. The lowest BCUT2D eigenvalue weighted by Gasteiger charge is -2.05. The summed E-state index contributed by atoms with van der Waals surface area (Å²) in [5.74, 6) is 0.121. The monoisotopic (exact) mass is 412 g/mol. The minimum Gasteiger partial charge on any atom is -0.408 e. The maximum atomic E-state index is 12.1. The molecule has 0 saturated heterocycles. The molecule has 0 spiro atoms. The van der Waals surface area contributed by atoms with Crippen molar-refractivity contribution in [3.05, 3.63) is 68.7 Å². The Labute approximate surface area is 168 Å². The number of hydrogen-bond acceptors (Lipinski definition) is 8. The number of benzene rings is 2. The third-order valence-electron chi connectivity index (χ3n) is 4.34. The van der Waals surface area contributed by atoms with E-state index in [0.717, 1.165) is 11.3 Å². The van der Waals surface area contributed by atoms with E-state index in [-0.39, 0.29) is 5.69 Å². The van der Waals surface area contributed by atoms with Crippen molar-refractivity contribution >= 4 is 28.5 Å². The second kappa shape index (κ2) is 7.87. The fourth-order valence-electron chi connectivity index (χ4n) is 2.88. The van der Waals surface area contributed by atoms with E-state index in [1.54, 1.807) is 4.68 Å². The van der Waals surface area contributed by atoms with Crippen molar-refractivity contribution in [3.8, 4) is 5.69 Å². The van der Waals surface area contributed by atoms with Gasteiger partial charge in [0.2, 0.25) is 5.16 Å². The molecule has 0 radical (unpaired) electrons. The molecule has 0 atom stereocenters. The Morgan fingerprint density at radius 2 is 2.00 bits per heavy atom. The number of nitro groups is 1. The quantitative estimate of drug-likeness (QED) is 0.196. The molecule has 29 heavy (non-hydrogen) atoms. The van der Waals surface area contributed by atoms with Crippen LogP contribution in [0.1, 0.15) is 12.0 Å². The number of hydrogen-bond donors (Lipinski definition) is 0. The molecule has 10 nitrogen and oxygen atoms in total. The molecule has 0 fully saturated rings. The zero-order valence-corrected chi connectivity index (χ0v) is 16.2. The summed E-state index contributed by atoms with van der Waals surface area (Å²) >= 11 is 1.47. The molecule has 2 heterocycles. The molecular formula is C18H16N6O4S. The molecular weight excluding hydrogens is 396 g/mol. The Balaban J connectivity index is 1.44. The van der Waals surface area contributed by atoms with Gasteiger partial charge in [0.25, 0.3) is 5.69 Å². The van der Waals surface area contributed by atoms with Gasteiger partial charge < -0.3 is 4.42 Å². The molecule has 0 N–H and O–H groups in total. The standard InChI is InChI=1S/C18H16N6O4S/c1-12-3-5-13(6-4-12)23-17(19-20-21-23)29-10-2-9-22-15-11-14(24(26)27)7-8-16(15)28-18(22)25/h3-8,11H,2,9-10H2,1H3.